The normalized spacial score (nSPS) is 15.3. The van der Waals surface area contributed by atoms with Gasteiger partial charge in [0.2, 0.25) is 5.91 Å². The highest BCUT2D eigenvalue weighted by Gasteiger charge is 2.23. The average Bonchev–Trinajstić information content (AvgIpc) is 3.42. The molecule has 31 heavy (non-hydrogen) atoms. The van der Waals surface area contributed by atoms with Crippen molar-refractivity contribution in [2.24, 2.45) is 0 Å². The Bertz CT molecular complexity index is 1090. The molecule has 1 aliphatic heterocycles. The molecule has 4 rings (SSSR count). The Kier molecular flexibility index (Phi) is 6.53. The number of benzene rings is 2. The summed E-state index contributed by atoms with van der Waals surface area (Å²) in [4.78, 5) is 29.3. The smallest absolute Gasteiger partial charge is 0.269 e. The minimum Gasteiger partial charge on any atom is -0.361 e. The van der Waals surface area contributed by atoms with Crippen molar-refractivity contribution in [2.75, 3.05) is 26.2 Å². The topological polar surface area (TPSA) is 91.3 Å². The summed E-state index contributed by atoms with van der Waals surface area (Å²) in [6, 6.07) is 12.1. The van der Waals surface area contributed by atoms with Gasteiger partial charge in [-0.25, -0.2) is 0 Å². The lowest BCUT2D eigenvalue weighted by Gasteiger charge is -2.19. The third-order valence-electron chi connectivity index (χ3n) is 5.87. The van der Waals surface area contributed by atoms with Crippen LogP contribution in [0.5, 0.6) is 0 Å². The molecule has 8 heteroatoms. The average molecular weight is 441 g/mol. The number of carbonyl (C=O) groups excluding carboxylic acids is 1. The SMILES string of the molecule is O=C(CC(c1cccc([N+](=O)[O-])c1)c1c[nH]c2ccc(Cl)cc12)NCCN1CCCC1. The van der Waals surface area contributed by atoms with Crippen LogP contribution in [-0.2, 0) is 4.79 Å². The quantitative estimate of drug-likeness (QED) is 0.399. The summed E-state index contributed by atoms with van der Waals surface area (Å²) in [5.41, 5.74) is 2.54. The minimum atomic E-state index is -0.414. The zero-order chi connectivity index (χ0) is 21.8. The van der Waals surface area contributed by atoms with E-state index in [1.807, 2.05) is 24.4 Å². The predicted molar refractivity (Wildman–Crippen MR) is 122 cm³/mol. The maximum absolute atomic E-state index is 12.8. The summed E-state index contributed by atoms with van der Waals surface area (Å²) >= 11 is 6.21. The second-order valence-electron chi connectivity index (χ2n) is 7.94. The molecule has 1 aromatic heterocycles. The van der Waals surface area contributed by atoms with Crippen LogP contribution in [0.25, 0.3) is 10.9 Å². The number of non-ortho nitro benzene ring substituents is 1. The number of nitro benzene ring substituents is 1. The van der Waals surface area contributed by atoms with Gasteiger partial charge in [-0.2, -0.15) is 0 Å². The summed E-state index contributed by atoms with van der Waals surface area (Å²) in [5, 5.41) is 15.8. The van der Waals surface area contributed by atoms with E-state index >= 15 is 0 Å². The molecule has 0 aliphatic carbocycles. The lowest BCUT2D eigenvalue weighted by molar-refractivity contribution is -0.384. The number of aromatic amines is 1. The third kappa shape index (κ3) is 5.06. The van der Waals surface area contributed by atoms with Gasteiger partial charge in [0.25, 0.3) is 5.69 Å². The molecule has 3 aromatic rings. The van der Waals surface area contributed by atoms with Gasteiger partial charge in [-0.05, 0) is 55.3 Å². The van der Waals surface area contributed by atoms with Gasteiger partial charge in [0.15, 0.2) is 0 Å². The maximum atomic E-state index is 12.8. The molecule has 2 N–H and O–H groups in total. The number of nitrogens with zero attached hydrogens (tertiary/aromatic N) is 2. The van der Waals surface area contributed by atoms with E-state index in [9.17, 15) is 14.9 Å². The zero-order valence-corrected chi connectivity index (χ0v) is 17.9. The Hall–Kier alpha value is -2.90. The number of rotatable bonds is 8. The second kappa shape index (κ2) is 9.49. The highest BCUT2D eigenvalue weighted by atomic mass is 35.5. The number of fused-ring (bicyclic) bond motifs is 1. The predicted octanol–water partition coefficient (Wildman–Crippen LogP) is 4.46. The first kappa shape index (κ1) is 21.3. The van der Waals surface area contributed by atoms with E-state index in [4.69, 9.17) is 11.6 Å². The third-order valence-corrected chi connectivity index (χ3v) is 6.11. The molecule has 1 atom stereocenters. The number of hydrogen-bond acceptors (Lipinski definition) is 4. The van der Waals surface area contributed by atoms with Crippen molar-refractivity contribution in [3.63, 3.8) is 0 Å². The number of nitro groups is 1. The van der Waals surface area contributed by atoms with Crippen LogP contribution in [0.15, 0.2) is 48.7 Å². The Morgan fingerprint density at radius 1 is 1.23 bits per heavy atom. The van der Waals surface area contributed by atoms with Crippen LogP contribution in [0, 0.1) is 10.1 Å². The standard InChI is InChI=1S/C23H25ClN4O3/c24-17-6-7-22-20(13-17)21(15-26-22)19(16-4-3-5-18(12-16)28(30)31)14-23(29)25-8-11-27-9-1-2-10-27/h3-7,12-13,15,19,26H,1-2,8-11,14H2,(H,25,29). The molecule has 1 saturated heterocycles. The summed E-state index contributed by atoms with van der Waals surface area (Å²) < 4.78 is 0. The van der Waals surface area contributed by atoms with Crippen LogP contribution in [0.3, 0.4) is 0 Å². The Labute approximate surface area is 185 Å². The van der Waals surface area contributed by atoms with Crippen LogP contribution >= 0.6 is 11.6 Å². The van der Waals surface area contributed by atoms with E-state index in [1.165, 1.54) is 18.9 Å². The van der Waals surface area contributed by atoms with Crippen molar-refractivity contribution in [2.45, 2.75) is 25.2 Å². The van der Waals surface area contributed by atoms with Gasteiger partial charge in [0.05, 0.1) is 4.92 Å². The van der Waals surface area contributed by atoms with Crippen molar-refractivity contribution in [1.29, 1.82) is 0 Å². The molecule has 2 aromatic carbocycles. The first-order valence-corrected chi connectivity index (χ1v) is 10.9. The lowest BCUT2D eigenvalue weighted by atomic mass is 9.87. The number of likely N-dealkylation sites (tertiary alicyclic amines) is 1. The molecular weight excluding hydrogens is 416 g/mol. The number of amides is 1. The van der Waals surface area contributed by atoms with Crippen molar-refractivity contribution in [1.82, 2.24) is 15.2 Å². The van der Waals surface area contributed by atoms with Crippen LogP contribution in [-0.4, -0.2) is 46.9 Å². The molecular formula is C23H25ClN4O3. The Morgan fingerprint density at radius 3 is 2.81 bits per heavy atom. The van der Waals surface area contributed by atoms with Gasteiger partial charge < -0.3 is 15.2 Å². The van der Waals surface area contributed by atoms with Gasteiger partial charge in [-0.3, -0.25) is 14.9 Å². The molecule has 1 aliphatic rings. The summed E-state index contributed by atoms with van der Waals surface area (Å²) in [5.74, 6) is -0.411. The van der Waals surface area contributed by atoms with Gasteiger partial charge in [0, 0.05) is 59.7 Å². The number of nitrogens with one attached hydrogen (secondary N) is 2. The van der Waals surface area contributed by atoms with Crippen LogP contribution in [0.4, 0.5) is 5.69 Å². The Morgan fingerprint density at radius 2 is 2.03 bits per heavy atom. The van der Waals surface area contributed by atoms with Crippen molar-refractivity contribution >= 4 is 34.1 Å². The summed E-state index contributed by atoms with van der Waals surface area (Å²) in [7, 11) is 0. The molecule has 162 valence electrons. The highest BCUT2D eigenvalue weighted by molar-refractivity contribution is 6.31. The molecule has 1 fully saturated rings. The van der Waals surface area contributed by atoms with Crippen LogP contribution in [0.1, 0.15) is 36.3 Å². The van der Waals surface area contributed by atoms with Crippen molar-refractivity contribution in [3.05, 3.63) is 74.9 Å². The largest absolute Gasteiger partial charge is 0.361 e. The molecule has 2 heterocycles. The lowest BCUT2D eigenvalue weighted by Crippen LogP contribution is -2.34. The monoisotopic (exact) mass is 440 g/mol. The van der Waals surface area contributed by atoms with E-state index in [1.54, 1.807) is 18.2 Å². The number of carbonyl (C=O) groups is 1. The molecule has 0 bridgehead atoms. The number of H-pyrrole nitrogens is 1. The van der Waals surface area contributed by atoms with E-state index in [0.29, 0.717) is 11.6 Å². The minimum absolute atomic E-state index is 0.00909. The maximum Gasteiger partial charge on any atom is 0.269 e. The fraction of sp³-hybridized carbons (Fsp3) is 0.348. The van der Waals surface area contributed by atoms with Gasteiger partial charge in [0.1, 0.15) is 0 Å². The van der Waals surface area contributed by atoms with Gasteiger partial charge >= 0.3 is 0 Å². The van der Waals surface area contributed by atoms with E-state index in [-0.39, 0.29) is 23.9 Å². The second-order valence-corrected chi connectivity index (χ2v) is 8.38. The zero-order valence-electron chi connectivity index (χ0n) is 17.1. The highest BCUT2D eigenvalue weighted by Crippen LogP contribution is 2.35. The fourth-order valence-corrected chi connectivity index (χ4v) is 4.45. The van der Waals surface area contributed by atoms with E-state index in [2.05, 4.69) is 15.2 Å². The van der Waals surface area contributed by atoms with Crippen molar-refractivity contribution in [3.8, 4) is 0 Å². The van der Waals surface area contributed by atoms with Gasteiger partial charge in [-0.15, -0.1) is 0 Å². The first-order chi connectivity index (χ1) is 15.0. The number of halogens is 1. The van der Waals surface area contributed by atoms with E-state index < -0.39 is 4.92 Å². The molecule has 1 unspecified atom stereocenters. The number of aromatic nitrogens is 1. The Balaban J connectivity index is 1.59. The first-order valence-electron chi connectivity index (χ1n) is 10.5. The molecule has 0 saturated carbocycles. The fourth-order valence-electron chi connectivity index (χ4n) is 4.28. The number of hydrogen-bond donors (Lipinski definition) is 2. The molecule has 0 radical (unpaired) electrons. The van der Waals surface area contributed by atoms with Crippen LogP contribution < -0.4 is 5.32 Å². The van der Waals surface area contributed by atoms with Crippen LogP contribution in [0.2, 0.25) is 5.02 Å². The van der Waals surface area contributed by atoms with Gasteiger partial charge in [-0.1, -0.05) is 23.7 Å². The molecule has 0 spiro atoms. The van der Waals surface area contributed by atoms with E-state index in [0.717, 1.165) is 41.7 Å². The molecule has 7 nitrogen and oxygen atoms in total. The summed E-state index contributed by atoms with van der Waals surface area (Å²) in [6.45, 7) is 3.61. The summed E-state index contributed by atoms with van der Waals surface area (Å²) in [6.07, 6.45) is 4.49. The molecule has 1 amide bonds. The van der Waals surface area contributed by atoms with Crippen molar-refractivity contribution < 1.29 is 9.72 Å².